The Hall–Kier alpha value is -1.69. The number of likely N-dealkylation sites (tertiary alicyclic amines) is 1. The molecule has 0 aromatic carbocycles. The van der Waals surface area contributed by atoms with Crippen molar-refractivity contribution in [3.8, 4) is 5.88 Å². The van der Waals surface area contributed by atoms with E-state index in [0.717, 1.165) is 13.0 Å². The highest BCUT2D eigenvalue weighted by Gasteiger charge is 2.63. The molecule has 1 saturated heterocycles. The molecule has 1 amide bonds. The summed E-state index contributed by atoms with van der Waals surface area (Å²) in [5.74, 6) is 0.643. The Balaban J connectivity index is 1.84. The number of hydrogen-bond donors (Lipinski definition) is 0. The first-order valence-corrected chi connectivity index (χ1v) is 7.57. The van der Waals surface area contributed by atoms with Gasteiger partial charge in [-0.15, -0.1) is 0 Å². The molecule has 2 heterocycles. The summed E-state index contributed by atoms with van der Waals surface area (Å²) in [4.78, 5) is 22.9. The van der Waals surface area contributed by atoms with Crippen LogP contribution in [0.1, 0.15) is 30.8 Å². The highest BCUT2D eigenvalue weighted by Crippen LogP contribution is 2.62. The number of carbonyl (C=O) groups excluding carboxylic acids is 1. The number of nitrogens with zero attached hydrogens (tertiary/aromatic N) is 3. The van der Waals surface area contributed by atoms with Crippen LogP contribution in [0.25, 0.3) is 0 Å². The van der Waals surface area contributed by atoms with E-state index in [1.807, 2.05) is 4.90 Å². The lowest BCUT2D eigenvalue weighted by Gasteiger charge is -2.56. The van der Waals surface area contributed by atoms with Crippen molar-refractivity contribution in [3.05, 3.63) is 18.1 Å². The van der Waals surface area contributed by atoms with Crippen LogP contribution in [0.3, 0.4) is 0 Å². The lowest BCUT2D eigenvalue weighted by molar-refractivity contribution is -0.107. The second-order valence-electron chi connectivity index (χ2n) is 7.11. The average Bonchev–Trinajstić information content (AvgIpc) is 2.81. The van der Waals surface area contributed by atoms with Crippen LogP contribution in [-0.2, 0) is 4.74 Å². The third-order valence-electron chi connectivity index (χ3n) is 5.18. The van der Waals surface area contributed by atoms with E-state index in [1.54, 1.807) is 7.11 Å². The van der Waals surface area contributed by atoms with Crippen molar-refractivity contribution in [1.29, 1.82) is 0 Å². The van der Waals surface area contributed by atoms with Gasteiger partial charge in [-0.2, -0.15) is 0 Å². The van der Waals surface area contributed by atoms with E-state index in [4.69, 9.17) is 9.47 Å². The fraction of sp³-hybridized carbons (Fsp3) is 0.688. The zero-order chi connectivity index (χ0) is 16.0. The molecule has 1 aliphatic carbocycles. The van der Waals surface area contributed by atoms with Gasteiger partial charge in [0.15, 0.2) is 5.69 Å². The van der Waals surface area contributed by atoms with Crippen molar-refractivity contribution < 1.29 is 14.3 Å². The van der Waals surface area contributed by atoms with Crippen molar-refractivity contribution >= 4 is 5.91 Å². The zero-order valence-electron chi connectivity index (χ0n) is 13.6. The number of hydrogen-bond acceptors (Lipinski definition) is 5. The van der Waals surface area contributed by atoms with Gasteiger partial charge >= 0.3 is 0 Å². The molecule has 1 aromatic rings. The van der Waals surface area contributed by atoms with Crippen LogP contribution >= 0.6 is 0 Å². The SMILES string of the molecule is COC[C@@]12CN(C(=O)c3nccnc3OC)C[C@@H]1C(C)(C)C2. The molecule has 6 heteroatoms. The quantitative estimate of drug-likeness (QED) is 0.846. The van der Waals surface area contributed by atoms with Gasteiger partial charge in [0.25, 0.3) is 5.91 Å². The van der Waals surface area contributed by atoms with E-state index in [-0.39, 0.29) is 28.3 Å². The first-order valence-electron chi connectivity index (χ1n) is 7.57. The molecule has 22 heavy (non-hydrogen) atoms. The van der Waals surface area contributed by atoms with Crippen molar-refractivity contribution in [2.75, 3.05) is 33.9 Å². The maximum Gasteiger partial charge on any atom is 0.278 e. The summed E-state index contributed by atoms with van der Waals surface area (Å²) in [5, 5.41) is 0. The first kappa shape index (κ1) is 15.2. The minimum atomic E-state index is -0.106. The predicted molar refractivity (Wildman–Crippen MR) is 80.7 cm³/mol. The Bertz CT molecular complexity index is 590. The minimum absolute atomic E-state index is 0.0867. The molecule has 0 N–H and O–H groups in total. The van der Waals surface area contributed by atoms with Gasteiger partial charge in [0.2, 0.25) is 5.88 Å². The molecular formula is C16H23N3O3. The van der Waals surface area contributed by atoms with Crippen LogP contribution in [0.15, 0.2) is 12.4 Å². The molecule has 1 aromatic heterocycles. The van der Waals surface area contributed by atoms with Gasteiger partial charge in [0, 0.05) is 38.0 Å². The molecule has 2 fully saturated rings. The summed E-state index contributed by atoms with van der Waals surface area (Å²) in [6, 6.07) is 0. The van der Waals surface area contributed by atoms with Gasteiger partial charge in [-0.3, -0.25) is 4.79 Å². The number of methoxy groups -OCH3 is 2. The van der Waals surface area contributed by atoms with Crippen molar-refractivity contribution in [2.45, 2.75) is 20.3 Å². The molecule has 2 aliphatic rings. The lowest BCUT2D eigenvalue weighted by Crippen LogP contribution is -2.55. The molecule has 3 rings (SSSR count). The Morgan fingerprint density at radius 1 is 1.36 bits per heavy atom. The zero-order valence-corrected chi connectivity index (χ0v) is 13.6. The summed E-state index contributed by atoms with van der Waals surface area (Å²) >= 11 is 0. The van der Waals surface area contributed by atoms with E-state index in [1.165, 1.54) is 19.5 Å². The molecule has 0 radical (unpaired) electrons. The molecule has 0 spiro atoms. The van der Waals surface area contributed by atoms with Crippen molar-refractivity contribution in [2.24, 2.45) is 16.7 Å². The topological polar surface area (TPSA) is 64.5 Å². The Labute approximate surface area is 130 Å². The second kappa shape index (κ2) is 5.19. The van der Waals surface area contributed by atoms with E-state index in [9.17, 15) is 4.79 Å². The third-order valence-corrected chi connectivity index (χ3v) is 5.18. The number of amides is 1. The Kier molecular flexibility index (Phi) is 3.59. The monoisotopic (exact) mass is 305 g/mol. The fourth-order valence-corrected chi connectivity index (χ4v) is 4.53. The summed E-state index contributed by atoms with van der Waals surface area (Å²) in [5.41, 5.74) is 0.625. The van der Waals surface area contributed by atoms with Crippen LogP contribution in [0.2, 0.25) is 0 Å². The number of aromatic nitrogens is 2. The highest BCUT2D eigenvalue weighted by atomic mass is 16.5. The van der Waals surface area contributed by atoms with Gasteiger partial charge in [-0.05, 0) is 17.8 Å². The minimum Gasteiger partial charge on any atom is -0.479 e. The smallest absolute Gasteiger partial charge is 0.278 e. The van der Waals surface area contributed by atoms with Gasteiger partial charge < -0.3 is 14.4 Å². The van der Waals surface area contributed by atoms with Gasteiger partial charge in [0.1, 0.15) is 0 Å². The van der Waals surface area contributed by atoms with Crippen LogP contribution in [0.4, 0.5) is 0 Å². The van der Waals surface area contributed by atoms with E-state index in [2.05, 4.69) is 23.8 Å². The molecule has 1 aliphatic heterocycles. The molecule has 0 bridgehead atoms. The van der Waals surface area contributed by atoms with Gasteiger partial charge in [0.05, 0.1) is 13.7 Å². The lowest BCUT2D eigenvalue weighted by atomic mass is 9.48. The number of ether oxygens (including phenoxy) is 2. The highest BCUT2D eigenvalue weighted by molar-refractivity contribution is 5.94. The number of fused-ring (bicyclic) bond motifs is 1. The molecule has 6 nitrogen and oxygen atoms in total. The van der Waals surface area contributed by atoms with E-state index >= 15 is 0 Å². The molecule has 1 saturated carbocycles. The first-order chi connectivity index (χ1) is 10.4. The molecule has 0 unspecified atom stereocenters. The fourth-order valence-electron chi connectivity index (χ4n) is 4.53. The van der Waals surface area contributed by atoms with Crippen LogP contribution < -0.4 is 4.74 Å². The van der Waals surface area contributed by atoms with Crippen LogP contribution in [0, 0.1) is 16.7 Å². The third kappa shape index (κ3) is 2.17. The maximum atomic E-state index is 12.8. The summed E-state index contributed by atoms with van der Waals surface area (Å²) in [6.07, 6.45) is 4.13. The van der Waals surface area contributed by atoms with Crippen LogP contribution in [-0.4, -0.2) is 54.7 Å². The summed E-state index contributed by atoms with van der Waals surface area (Å²) in [7, 11) is 3.23. The number of carbonyl (C=O) groups is 1. The Morgan fingerprint density at radius 2 is 2.09 bits per heavy atom. The molecular weight excluding hydrogens is 282 g/mol. The van der Waals surface area contributed by atoms with Crippen molar-refractivity contribution in [3.63, 3.8) is 0 Å². The summed E-state index contributed by atoms with van der Waals surface area (Å²) < 4.78 is 10.6. The van der Waals surface area contributed by atoms with E-state index in [0.29, 0.717) is 19.1 Å². The standard InChI is InChI=1S/C16H23N3O3/c1-15(2)8-16(10-21-3)9-19(7-11(15)16)14(20)12-13(22-4)18-6-5-17-12/h5-6,11H,7-10H2,1-4H3/t11-,16-/m1/s1. The Morgan fingerprint density at radius 3 is 2.73 bits per heavy atom. The largest absolute Gasteiger partial charge is 0.479 e. The van der Waals surface area contributed by atoms with E-state index < -0.39 is 0 Å². The number of rotatable bonds is 4. The van der Waals surface area contributed by atoms with Gasteiger partial charge in [-0.1, -0.05) is 13.8 Å². The average molecular weight is 305 g/mol. The second-order valence-corrected chi connectivity index (χ2v) is 7.11. The maximum absolute atomic E-state index is 12.8. The van der Waals surface area contributed by atoms with Crippen LogP contribution in [0.5, 0.6) is 5.88 Å². The van der Waals surface area contributed by atoms with Crippen molar-refractivity contribution in [1.82, 2.24) is 14.9 Å². The predicted octanol–water partition coefficient (Wildman–Crippen LogP) is 1.62. The summed E-state index contributed by atoms with van der Waals surface area (Å²) in [6.45, 7) is 6.69. The molecule has 120 valence electrons. The van der Waals surface area contributed by atoms with Gasteiger partial charge in [-0.25, -0.2) is 9.97 Å². The normalized spacial score (nSPS) is 28.9. The molecule has 2 atom stereocenters.